The number of amides is 1. The zero-order chi connectivity index (χ0) is 20.6. The van der Waals surface area contributed by atoms with Gasteiger partial charge in [-0.2, -0.15) is 4.98 Å². The molecule has 0 spiro atoms. The van der Waals surface area contributed by atoms with Gasteiger partial charge in [-0.3, -0.25) is 9.36 Å². The third-order valence-electron chi connectivity index (χ3n) is 5.00. The van der Waals surface area contributed by atoms with Gasteiger partial charge in [0.1, 0.15) is 10.8 Å². The van der Waals surface area contributed by atoms with Gasteiger partial charge in [0.25, 0.3) is 0 Å². The highest BCUT2D eigenvalue weighted by Gasteiger charge is 2.21. The lowest BCUT2D eigenvalue weighted by molar-refractivity contribution is -0.118. The van der Waals surface area contributed by atoms with Gasteiger partial charge in [0.2, 0.25) is 5.91 Å². The number of aromatic nitrogens is 2. The van der Waals surface area contributed by atoms with Gasteiger partial charge in [-0.15, -0.1) is 0 Å². The van der Waals surface area contributed by atoms with Crippen molar-refractivity contribution in [2.75, 3.05) is 19.5 Å². The molecule has 29 heavy (non-hydrogen) atoms. The minimum atomic E-state index is -0.295. The van der Waals surface area contributed by atoms with Crippen molar-refractivity contribution in [2.24, 2.45) is 0 Å². The number of benzene rings is 1. The molecule has 0 unspecified atom stereocenters. The second kappa shape index (κ2) is 10.5. The van der Waals surface area contributed by atoms with Crippen molar-refractivity contribution < 1.29 is 14.6 Å². The summed E-state index contributed by atoms with van der Waals surface area (Å²) >= 11 is 1.32. The smallest absolute Gasteiger partial charge is 0.348 e. The molecule has 1 heterocycles. The monoisotopic (exact) mass is 417 g/mol. The Morgan fingerprint density at radius 2 is 2.10 bits per heavy atom. The van der Waals surface area contributed by atoms with Gasteiger partial charge in [0.05, 0.1) is 12.9 Å². The number of aliphatic hydroxyl groups is 1. The maximum atomic E-state index is 12.5. The van der Waals surface area contributed by atoms with Crippen LogP contribution in [0.1, 0.15) is 36.1 Å². The molecule has 0 aliphatic heterocycles. The Kier molecular flexibility index (Phi) is 7.71. The van der Waals surface area contributed by atoms with Crippen LogP contribution in [0.2, 0.25) is 0 Å². The molecule has 2 aromatic rings. The van der Waals surface area contributed by atoms with E-state index in [0.717, 1.165) is 48.3 Å². The number of nitrogens with zero attached hydrogens (tertiary/aromatic N) is 2. The van der Waals surface area contributed by atoms with Crippen LogP contribution in [-0.2, 0) is 30.7 Å². The molecule has 1 aliphatic rings. The third kappa shape index (κ3) is 5.39. The first kappa shape index (κ1) is 21.4. The molecule has 7 nitrogen and oxygen atoms in total. The van der Waals surface area contributed by atoms with Gasteiger partial charge >= 0.3 is 5.69 Å². The second-order valence-corrected chi connectivity index (χ2v) is 7.90. The highest BCUT2D eigenvalue weighted by molar-refractivity contribution is 7.99. The summed E-state index contributed by atoms with van der Waals surface area (Å²) < 4.78 is 6.99. The molecule has 1 aromatic carbocycles. The van der Waals surface area contributed by atoms with Crippen molar-refractivity contribution in [3.05, 3.63) is 51.6 Å². The average molecular weight is 418 g/mol. The van der Waals surface area contributed by atoms with E-state index in [0.29, 0.717) is 24.5 Å². The van der Waals surface area contributed by atoms with Gasteiger partial charge in [-0.1, -0.05) is 30.0 Å². The molecular weight excluding hydrogens is 390 g/mol. The molecular formula is C21H27N3O4S. The van der Waals surface area contributed by atoms with E-state index in [1.807, 2.05) is 24.3 Å². The molecule has 0 bridgehead atoms. The summed E-state index contributed by atoms with van der Waals surface area (Å²) in [5, 5.41) is 12.7. The molecule has 0 saturated carbocycles. The summed E-state index contributed by atoms with van der Waals surface area (Å²) in [6.45, 7) is 0.913. The van der Waals surface area contributed by atoms with Gasteiger partial charge in [-0.25, -0.2) is 4.79 Å². The third-order valence-corrected chi connectivity index (χ3v) is 6.02. The number of methoxy groups -OCH3 is 1. The Morgan fingerprint density at radius 3 is 2.90 bits per heavy atom. The molecule has 2 N–H and O–H groups in total. The van der Waals surface area contributed by atoms with Gasteiger partial charge in [-0.05, 0) is 38.2 Å². The standard InChI is InChI=1S/C21H27N3O4S/c1-28-18-10-5-2-7-15(18)13-22-19(26)14-29-20-16-8-3-4-9-17(16)24(11-6-12-25)21(27)23-20/h2,5,7,10,25H,3-4,6,8-9,11-14H2,1H3,(H,22,26). The number of carbonyl (C=O) groups excluding carboxylic acids is 1. The molecule has 0 radical (unpaired) electrons. The minimum absolute atomic E-state index is 0.0457. The van der Waals surface area contributed by atoms with Crippen molar-refractivity contribution in [1.82, 2.24) is 14.9 Å². The number of ether oxygens (including phenoxy) is 1. The van der Waals surface area contributed by atoms with Crippen molar-refractivity contribution >= 4 is 17.7 Å². The van der Waals surface area contributed by atoms with Crippen LogP contribution in [0.25, 0.3) is 0 Å². The first-order chi connectivity index (χ1) is 14.1. The number of aliphatic hydroxyl groups excluding tert-OH is 1. The molecule has 3 rings (SSSR count). The Balaban J connectivity index is 1.66. The first-order valence-corrected chi connectivity index (χ1v) is 10.9. The lowest BCUT2D eigenvalue weighted by Crippen LogP contribution is -2.31. The van der Waals surface area contributed by atoms with E-state index in [1.165, 1.54) is 11.8 Å². The van der Waals surface area contributed by atoms with E-state index < -0.39 is 0 Å². The van der Waals surface area contributed by atoms with Crippen LogP contribution in [0.5, 0.6) is 5.75 Å². The fourth-order valence-electron chi connectivity index (χ4n) is 3.55. The number of nitrogens with one attached hydrogen (secondary N) is 1. The normalized spacial score (nSPS) is 13.0. The topological polar surface area (TPSA) is 93.5 Å². The predicted molar refractivity (Wildman–Crippen MR) is 112 cm³/mol. The van der Waals surface area contributed by atoms with Crippen molar-refractivity contribution in [1.29, 1.82) is 0 Å². The molecule has 1 aliphatic carbocycles. The Morgan fingerprint density at radius 1 is 1.31 bits per heavy atom. The fraction of sp³-hybridized carbons (Fsp3) is 0.476. The highest BCUT2D eigenvalue weighted by atomic mass is 32.2. The van der Waals surface area contributed by atoms with Gasteiger partial charge < -0.3 is 15.2 Å². The fourth-order valence-corrected chi connectivity index (χ4v) is 4.46. The number of hydrogen-bond acceptors (Lipinski definition) is 6. The summed E-state index contributed by atoms with van der Waals surface area (Å²) in [5.41, 5.74) is 2.71. The zero-order valence-electron chi connectivity index (χ0n) is 16.6. The number of carbonyl (C=O) groups is 1. The molecule has 1 aromatic heterocycles. The van der Waals surface area contributed by atoms with Crippen LogP contribution in [0.4, 0.5) is 0 Å². The summed E-state index contributed by atoms with van der Waals surface area (Å²) in [5.74, 6) is 0.828. The molecule has 8 heteroatoms. The minimum Gasteiger partial charge on any atom is -0.496 e. The summed E-state index contributed by atoms with van der Waals surface area (Å²) in [7, 11) is 1.61. The van der Waals surface area contributed by atoms with E-state index in [9.17, 15) is 9.59 Å². The van der Waals surface area contributed by atoms with Gasteiger partial charge in [0.15, 0.2) is 0 Å². The van der Waals surface area contributed by atoms with E-state index in [-0.39, 0.29) is 24.0 Å². The molecule has 1 amide bonds. The van der Waals surface area contributed by atoms with Crippen LogP contribution >= 0.6 is 11.8 Å². The number of fused-ring (bicyclic) bond motifs is 1. The molecule has 0 saturated heterocycles. The highest BCUT2D eigenvalue weighted by Crippen LogP contribution is 2.28. The van der Waals surface area contributed by atoms with Crippen molar-refractivity contribution in [3.63, 3.8) is 0 Å². The number of rotatable bonds is 9. The second-order valence-electron chi connectivity index (χ2n) is 6.94. The lowest BCUT2D eigenvalue weighted by Gasteiger charge is -2.22. The van der Waals surface area contributed by atoms with Gasteiger partial charge in [0, 0.05) is 36.5 Å². The Labute approximate surface area is 174 Å². The molecule has 0 atom stereocenters. The molecule has 156 valence electrons. The quantitative estimate of drug-likeness (QED) is 0.478. The Hall–Kier alpha value is -2.32. The van der Waals surface area contributed by atoms with Crippen molar-refractivity contribution in [3.8, 4) is 5.75 Å². The summed E-state index contributed by atoms with van der Waals surface area (Å²) in [4.78, 5) is 29.1. The SMILES string of the molecule is COc1ccccc1CNC(=O)CSc1nc(=O)n(CCCO)c2c1CCCC2. The Bertz CT molecular complexity index is 913. The van der Waals surface area contributed by atoms with E-state index >= 15 is 0 Å². The predicted octanol–water partition coefficient (Wildman–Crippen LogP) is 1.92. The van der Waals surface area contributed by atoms with Crippen molar-refractivity contribution in [2.45, 2.75) is 50.2 Å². The van der Waals surface area contributed by atoms with E-state index in [2.05, 4.69) is 10.3 Å². The first-order valence-electron chi connectivity index (χ1n) is 9.89. The largest absolute Gasteiger partial charge is 0.496 e. The number of para-hydroxylation sites is 1. The lowest BCUT2D eigenvalue weighted by atomic mass is 9.97. The van der Waals surface area contributed by atoms with E-state index in [1.54, 1.807) is 11.7 Å². The zero-order valence-corrected chi connectivity index (χ0v) is 17.5. The number of hydrogen-bond donors (Lipinski definition) is 2. The van der Waals surface area contributed by atoms with E-state index in [4.69, 9.17) is 9.84 Å². The summed E-state index contributed by atoms with van der Waals surface area (Å²) in [6.07, 6.45) is 4.34. The van der Waals surface area contributed by atoms with Crippen LogP contribution in [-0.4, -0.2) is 40.0 Å². The van der Waals surface area contributed by atoms with Crippen LogP contribution in [0, 0.1) is 0 Å². The average Bonchev–Trinajstić information content (AvgIpc) is 2.75. The maximum Gasteiger partial charge on any atom is 0.348 e. The van der Waals surface area contributed by atoms with Crippen LogP contribution < -0.4 is 15.7 Å². The number of thioether (sulfide) groups is 1. The maximum absolute atomic E-state index is 12.5. The van der Waals surface area contributed by atoms with Crippen LogP contribution in [0.3, 0.4) is 0 Å². The summed E-state index contributed by atoms with van der Waals surface area (Å²) in [6, 6.07) is 7.56. The molecule has 0 fully saturated rings. The van der Waals surface area contributed by atoms with Crippen LogP contribution in [0.15, 0.2) is 34.1 Å².